The molecule has 2 aromatic carbocycles. The van der Waals surface area contributed by atoms with Gasteiger partial charge in [-0.3, -0.25) is 9.59 Å². The number of hydrogen-bond donors (Lipinski definition) is 2. The van der Waals surface area contributed by atoms with E-state index in [0.717, 1.165) is 23.5 Å². The highest BCUT2D eigenvalue weighted by atomic mass is 32.2. The molecule has 6 heteroatoms. The van der Waals surface area contributed by atoms with Crippen LogP contribution in [0.2, 0.25) is 0 Å². The zero-order valence-electron chi connectivity index (χ0n) is 14.5. The summed E-state index contributed by atoms with van der Waals surface area (Å²) >= 11 is 1.49. The number of carbonyl (C=O) groups excluding carboxylic acids is 2. The summed E-state index contributed by atoms with van der Waals surface area (Å²) in [7, 11) is 0. The standard InChI is InChI=1S/C20H21N3O2S/c24-19-13-26-18-8-5-15(11-17(18)22-19)20(25)21-12-14-3-6-16(7-4-14)23-9-1-2-10-23/h3-8,11H,1-2,9-10,12-13H2,(H,21,25)(H,22,24). The first kappa shape index (κ1) is 17.0. The molecule has 0 radical (unpaired) electrons. The molecule has 0 aromatic heterocycles. The molecule has 26 heavy (non-hydrogen) atoms. The maximum Gasteiger partial charge on any atom is 0.251 e. The minimum atomic E-state index is -0.138. The summed E-state index contributed by atoms with van der Waals surface area (Å²) in [6, 6.07) is 13.8. The number of thioether (sulfide) groups is 1. The zero-order chi connectivity index (χ0) is 17.9. The molecule has 0 bridgehead atoms. The van der Waals surface area contributed by atoms with Crippen LogP contribution < -0.4 is 15.5 Å². The van der Waals surface area contributed by atoms with Crippen molar-refractivity contribution in [2.24, 2.45) is 0 Å². The van der Waals surface area contributed by atoms with Crippen LogP contribution in [0.15, 0.2) is 47.4 Å². The van der Waals surface area contributed by atoms with Gasteiger partial charge in [0.1, 0.15) is 0 Å². The highest BCUT2D eigenvalue weighted by molar-refractivity contribution is 8.00. The molecule has 5 nitrogen and oxygen atoms in total. The van der Waals surface area contributed by atoms with Crippen molar-refractivity contribution in [1.29, 1.82) is 0 Å². The average Bonchev–Trinajstić information content (AvgIpc) is 3.20. The number of fused-ring (bicyclic) bond motifs is 1. The fraction of sp³-hybridized carbons (Fsp3) is 0.300. The Morgan fingerprint density at radius 1 is 1.12 bits per heavy atom. The smallest absolute Gasteiger partial charge is 0.251 e. The number of rotatable bonds is 4. The first-order valence-electron chi connectivity index (χ1n) is 8.88. The molecule has 2 aliphatic rings. The number of carbonyl (C=O) groups is 2. The number of nitrogens with one attached hydrogen (secondary N) is 2. The van der Waals surface area contributed by atoms with Crippen molar-refractivity contribution in [3.8, 4) is 0 Å². The number of nitrogens with zero attached hydrogens (tertiary/aromatic N) is 1. The van der Waals surface area contributed by atoms with Gasteiger partial charge in [-0.15, -0.1) is 11.8 Å². The predicted octanol–water partition coefficient (Wildman–Crippen LogP) is 3.26. The third-order valence-electron chi connectivity index (χ3n) is 4.74. The molecular weight excluding hydrogens is 346 g/mol. The van der Waals surface area contributed by atoms with E-state index in [1.54, 1.807) is 12.1 Å². The van der Waals surface area contributed by atoms with Crippen LogP contribution >= 0.6 is 11.8 Å². The van der Waals surface area contributed by atoms with Gasteiger partial charge < -0.3 is 15.5 Å². The summed E-state index contributed by atoms with van der Waals surface area (Å²) in [5.74, 6) is 0.255. The Morgan fingerprint density at radius 2 is 1.88 bits per heavy atom. The Kier molecular flexibility index (Phi) is 4.84. The Hall–Kier alpha value is -2.47. The van der Waals surface area contributed by atoms with E-state index >= 15 is 0 Å². The molecule has 2 heterocycles. The van der Waals surface area contributed by atoms with E-state index in [2.05, 4.69) is 39.8 Å². The molecular formula is C20H21N3O2S. The van der Waals surface area contributed by atoms with Crippen LogP contribution in [-0.2, 0) is 11.3 Å². The first-order valence-corrected chi connectivity index (χ1v) is 9.86. The van der Waals surface area contributed by atoms with Crippen molar-refractivity contribution in [3.63, 3.8) is 0 Å². The van der Waals surface area contributed by atoms with Gasteiger partial charge >= 0.3 is 0 Å². The molecule has 2 amide bonds. The van der Waals surface area contributed by atoms with Gasteiger partial charge in [0.2, 0.25) is 5.91 Å². The molecule has 1 fully saturated rings. The van der Waals surface area contributed by atoms with Crippen LogP contribution in [0.4, 0.5) is 11.4 Å². The van der Waals surface area contributed by atoms with Gasteiger partial charge in [0, 0.05) is 35.8 Å². The van der Waals surface area contributed by atoms with Crippen molar-refractivity contribution in [2.75, 3.05) is 29.1 Å². The lowest BCUT2D eigenvalue weighted by molar-refractivity contribution is -0.113. The van der Waals surface area contributed by atoms with Gasteiger partial charge in [-0.25, -0.2) is 0 Å². The van der Waals surface area contributed by atoms with E-state index in [4.69, 9.17) is 0 Å². The monoisotopic (exact) mass is 367 g/mol. The lowest BCUT2D eigenvalue weighted by atomic mass is 10.1. The van der Waals surface area contributed by atoms with Gasteiger partial charge in [0.25, 0.3) is 5.91 Å². The molecule has 0 aliphatic carbocycles. The predicted molar refractivity (Wildman–Crippen MR) is 105 cm³/mol. The fourth-order valence-electron chi connectivity index (χ4n) is 3.31. The van der Waals surface area contributed by atoms with Crippen molar-refractivity contribution >= 4 is 35.0 Å². The second-order valence-electron chi connectivity index (χ2n) is 6.59. The van der Waals surface area contributed by atoms with E-state index in [1.807, 2.05) is 6.07 Å². The van der Waals surface area contributed by atoms with Crippen LogP contribution in [0.3, 0.4) is 0 Å². The molecule has 2 aromatic rings. The average molecular weight is 367 g/mol. The van der Waals surface area contributed by atoms with Crippen LogP contribution in [0.25, 0.3) is 0 Å². The maximum absolute atomic E-state index is 12.4. The number of benzene rings is 2. The lowest BCUT2D eigenvalue weighted by Crippen LogP contribution is -2.24. The number of anilines is 2. The lowest BCUT2D eigenvalue weighted by Gasteiger charge is -2.18. The van der Waals surface area contributed by atoms with E-state index < -0.39 is 0 Å². The first-order chi connectivity index (χ1) is 12.7. The summed E-state index contributed by atoms with van der Waals surface area (Å²) in [6.07, 6.45) is 2.52. The van der Waals surface area contributed by atoms with Crippen LogP contribution in [0, 0.1) is 0 Å². The summed E-state index contributed by atoms with van der Waals surface area (Å²) in [6.45, 7) is 2.74. The van der Waals surface area contributed by atoms with Gasteiger partial charge in [0.05, 0.1) is 11.4 Å². The van der Waals surface area contributed by atoms with Crippen LogP contribution in [-0.4, -0.2) is 30.7 Å². The molecule has 0 saturated carbocycles. The minimum absolute atomic E-state index is 0.0295. The largest absolute Gasteiger partial charge is 0.372 e. The van der Waals surface area contributed by atoms with E-state index in [-0.39, 0.29) is 11.8 Å². The number of amides is 2. The molecule has 0 atom stereocenters. The Bertz CT molecular complexity index is 829. The third kappa shape index (κ3) is 3.70. The second-order valence-corrected chi connectivity index (χ2v) is 7.61. The highest BCUT2D eigenvalue weighted by Gasteiger charge is 2.17. The zero-order valence-corrected chi connectivity index (χ0v) is 15.3. The van der Waals surface area contributed by atoms with Crippen LogP contribution in [0.5, 0.6) is 0 Å². The molecule has 2 aliphatic heterocycles. The molecule has 2 N–H and O–H groups in total. The third-order valence-corrected chi connectivity index (χ3v) is 5.81. The Labute approximate surface area is 157 Å². The fourth-order valence-corrected chi connectivity index (χ4v) is 4.10. The van der Waals surface area contributed by atoms with Crippen molar-refractivity contribution in [3.05, 3.63) is 53.6 Å². The van der Waals surface area contributed by atoms with Gasteiger partial charge in [-0.2, -0.15) is 0 Å². The van der Waals surface area contributed by atoms with Crippen molar-refractivity contribution in [1.82, 2.24) is 5.32 Å². The molecule has 4 rings (SSSR count). The highest BCUT2D eigenvalue weighted by Crippen LogP contribution is 2.32. The summed E-state index contributed by atoms with van der Waals surface area (Å²) < 4.78 is 0. The minimum Gasteiger partial charge on any atom is -0.372 e. The van der Waals surface area contributed by atoms with Gasteiger partial charge in [-0.05, 0) is 48.7 Å². The van der Waals surface area contributed by atoms with E-state index in [0.29, 0.717) is 23.5 Å². The SMILES string of the molecule is O=C1CSc2ccc(C(=O)NCc3ccc(N4CCCC4)cc3)cc2N1. The molecule has 0 unspecified atom stereocenters. The Balaban J connectivity index is 1.38. The molecule has 134 valence electrons. The van der Waals surface area contributed by atoms with Crippen LogP contribution in [0.1, 0.15) is 28.8 Å². The summed E-state index contributed by atoms with van der Waals surface area (Å²) in [5, 5.41) is 5.77. The topological polar surface area (TPSA) is 61.4 Å². The molecule has 1 saturated heterocycles. The Morgan fingerprint density at radius 3 is 2.65 bits per heavy atom. The quantitative estimate of drug-likeness (QED) is 0.871. The van der Waals surface area contributed by atoms with E-state index in [1.165, 1.54) is 30.3 Å². The summed E-state index contributed by atoms with van der Waals surface area (Å²) in [4.78, 5) is 27.3. The normalized spacial score (nSPS) is 16.2. The van der Waals surface area contributed by atoms with E-state index in [9.17, 15) is 9.59 Å². The van der Waals surface area contributed by atoms with Gasteiger partial charge in [-0.1, -0.05) is 12.1 Å². The van der Waals surface area contributed by atoms with Crippen molar-refractivity contribution < 1.29 is 9.59 Å². The second kappa shape index (κ2) is 7.41. The maximum atomic E-state index is 12.4. The molecule has 0 spiro atoms. The summed E-state index contributed by atoms with van der Waals surface area (Å²) in [5.41, 5.74) is 3.60. The van der Waals surface area contributed by atoms with Crippen molar-refractivity contribution in [2.45, 2.75) is 24.3 Å². The van der Waals surface area contributed by atoms with Gasteiger partial charge in [0.15, 0.2) is 0 Å². The number of hydrogen-bond acceptors (Lipinski definition) is 4.